The average Bonchev–Trinajstić information content (AvgIpc) is 2.16. The summed E-state index contributed by atoms with van der Waals surface area (Å²) in [7, 11) is 0. The molecule has 62 valence electrons. The molecule has 0 saturated carbocycles. The van der Waals surface area contributed by atoms with Crippen molar-refractivity contribution in [2.75, 3.05) is 0 Å². The summed E-state index contributed by atoms with van der Waals surface area (Å²) in [6.45, 7) is 9.35. The molecule has 0 aliphatic carbocycles. The molecule has 0 atom stereocenters. The third-order valence-electron chi connectivity index (χ3n) is 1.89. The van der Waals surface area contributed by atoms with E-state index in [1.165, 1.54) is 5.56 Å². The maximum atomic E-state index is 3.93. The first kappa shape index (κ1) is 8.72. The molecule has 1 aromatic rings. The standard InChI is InChI=1S/C11H13N/c1-4-9-6-7-10(5-2)11(8-9)12-3/h5-8H,2-4H2,1H3. The van der Waals surface area contributed by atoms with E-state index in [0.717, 1.165) is 17.7 Å². The van der Waals surface area contributed by atoms with Crippen molar-refractivity contribution in [2.24, 2.45) is 4.99 Å². The van der Waals surface area contributed by atoms with Crippen LogP contribution in [-0.2, 0) is 6.42 Å². The molecule has 0 fully saturated rings. The van der Waals surface area contributed by atoms with Crippen LogP contribution in [0.25, 0.3) is 6.08 Å². The molecular formula is C11H13N. The van der Waals surface area contributed by atoms with Gasteiger partial charge >= 0.3 is 0 Å². The van der Waals surface area contributed by atoms with Crippen molar-refractivity contribution in [3.05, 3.63) is 35.9 Å². The lowest BCUT2D eigenvalue weighted by Gasteiger charge is -2.02. The van der Waals surface area contributed by atoms with Crippen LogP contribution in [0.2, 0.25) is 0 Å². The van der Waals surface area contributed by atoms with Gasteiger partial charge in [-0.1, -0.05) is 31.7 Å². The number of hydrogen-bond donors (Lipinski definition) is 0. The molecule has 1 aromatic carbocycles. The lowest BCUT2D eigenvalue weighted by molar-refractivity contribution is 1.14. The molecule has 0 bridgehead atoms. The van der Waals surface area contributed by atoms with Crippen molar-refractivity contribution in [1.82, 2.24) is 0 Å². The Morgan fingerprint density at radius 1 is 1.50 bits per heavy atom. The maximum absolute atomic E-state index is 3.93. The fourth-order valence-electron chi connectivity index (χ4n) is 1.12. The van der Waals surface area contributed by atoms with E-state index in [2.05, 4.69) is 31.3 Å². The van der Waals surface area contributed by atoms with E-state index in [1.54, 1.807) is 6.08 Å². The van der Waals surface area contributed by atoms with Gasteiger partial charge in [-0.3, -0.25) is 4.99 Å². The molecule has 0 heterocycles. The number of benzene rings is 1. The van der Waals surface area contributed by atoms with E-state index >= 15 is 0 Å². The quantitative estimate of drug-likeness (QED) is 0.600. The van der Waals surface area contributed by atoms with Crippen LogP contribution in [0.3, 0.4) is 0 Å². The molecular weight excluding hydrogens is 146 g/mol. The third-order valence-corrected chi connectivity index (χ3v) is 1.89. The summed E-state index contributed by atoms with van der Waals surface area (Å²) >= 11 is 0. The van der Waals surface area contributed by atoms with Crippen LogP contribution in [0.1, 0.15) is 18.1 Å². The highest BCUT2D eigenvalue weighted by molar-refractivity contribution is 5.65. The number of rotatable bonds is 3. The Balaban J connectivity index is 3.18. The number of aliphatic imine (C=N–C) groups is 1. The summed E-state index contributed by atoms with van der Waals surface area (Å²) in [6, 6.07) is 6.16. The minimum atomic E-state index is 0.921. The highest BCUT2D eigenvalue weighted by Crippen LogP contribution is 2.21. The van der Waals surface area contributed by atoms with E-state index in [0.29, 0.717) is 0 Å². The summed E-state index contributed by atoms with van der Waals surface area (Å²) in [5, 5.41) is 0. The van der Waals surface area contributed by atoms with Crippen LogP contribution in [0, 0.1) is 0 Å². The zero-order valence-corrected chi connectivity index (χ0v) is 7.38. The molecule has 0 unspecified atom stereocenters. The van der Waals surface area contributed by atoms with Crippen LogP contribution in [-0.4, -0.2) is 6.72 Å². The third kappa shape index (κ3) is 1.62. The minimum Gasteiger partial charge on any atom is -0.264 e. The van der Waals surface area contributed by atoms with Crippen molar-refractivity contribution in [1.29, 1.82) is 0 Å². The Morgan fingerprint density at radius 3 is 2.75 bits per heavy atom. The Kier molecular flexibility index (Phi) is 2.81. The SMILES string of the molecule is C=Cc1ccc(CC)cc1N=C. The molecule has 1 nitrogen and oxygen atoms in total. The van der Waals surface area contributed by atoms with Crippen molar-refractivity contribution >= 4 is 18.5 Å². The average molecular weight is 159 g/mol. The minimum absolute atomic E-state index is 0.921. The van der Waals surface area contributed by atoms with Crippen molar-refractivity contribution in [3.8, 4) is 0 Å². The van der Waals surface area contributed by atoms with Gasteiger partial charge in [0.25, 0.3) is 0 Å². The Bertz CT molecular complexity index is 300. The Hall–Kier alpha value is -1.37. The Labute approximate surface area is 73.5 Å². The fourth-order valence-corrected chi connectivity index (χ4v) is 1.12. The van der Waals surface area contributed by atoms with Gasteiger partial charge in [0.1, 0.15) is 0 Å². The summed E-state index contributed by atoms with van der Waals surface area (Å²) in [6.07, 6.45) is 2.82. The van der Waals surface area contributed by atoms with Gasteiger partial charge in [-0.05, 0) is 30.3 Å². The summed E-state index contributed by atoms with van der Waals surface area (Å²) in [5.41, 5.74) is 3.24. The summed E-state index contributed by atoms with van der Waals surface area (Å²) in [5.74, 6) is 0. The van der Waals surface area contributed by atoms with Gasteiger partial charge in [-0.25, -0.2) is 0 Å². The van der Waals surface area contributed by atoms with Gasteiger partial charge in [-0.15, -0.1) is 0 Å². The van der Waals surface area contributed by atoms with Crippen molar-refractivity contribution < 1.29 is 0 Å². The largest absolute Gasteiger partial charge is 0.264 e. The predicted octanol–water partition coefficient (Wildman–Crippen LogP) is 3.22. The van der Waals surface area contributed by atoms with Gasteiger partial charge in [0.15, 0.2) is 0 Å². The zero-order valence-electron chi connectivity index (χ0n) is 7.38. The molecule has 1 heteroatoms. The van der Waals surface area contributed by atoms with Crippen molar-refractivity contribution in [2.45, 2.75) is 13.3 Å². The molecule has 0 spiro atoms. The first-order valence-corrected chi connectivity index (χ1v) is 4.04. The van der Waals surface area contributed by atoms with E-state index in [4.69, 9.17) is 0 Å². The van der Waals surface area contributed by atoms with Crippen molar-refractivity contribution in [3.63, 3.8) is 0 Å². The summed E-state index contributed by atoms with van der Waals surface area (Å²) < 4.78 is 0. The second-order valence-corrected chi connectivity index (χ2v) is 2.61. The topological polar surface area (TPSA) is 12.4 Å². The molecule has 0 aromatic heterocycles. The zero-order chi connectivity index (χ0) is 8.97. The van der Waals surface area contributed by atoms with Gasteiger partial charge in [0, 0.05) is 0 Å². The highest BCUT2D eigenvalue weighted by atomic mass is 14.7. The second kappa shape index (κ2) is 3.86. The van der Waals surface area contributed by atoms with E-state index in [9.17, 15) is 0 Å². The molecule has 0 amide bonds. The van der Waals surface area contributed by atoms with Crippen LogP contribution in [0.5, 0.6) is 0 Å². The molecule has 0 radical (unpaired) electrons. The maximum Gasteiger partial charge on any atom is 0.0697 e. The Morgan fingerprint density at radius 2 is 2.25 bits per heavy atom. The van der Waals surface area contributed by atoms with Gasteiger partial charge < -0.3 is 0 Å². The van der Waals surface area contributed by atoms with Crippen LogP contribution >= 0.6 is 0 Å². The first-order chi connectivity index (χ1) is 5.81. The highest BCUT2D eigenvalue weighted by Gasteiger charge is 1.96. The molecule has 1 rings (SSSR count). The molecule has 12 heavy (non-hydrogen) atoms. The predicted molar refractivity (Wildman–Crippen MR) is 55.1 cm³/mol. The molecule has 0 aliphatic heterocycles. The van der Waals surface area contributed by atoms with E-state index in [-0.39, 0.29) is 0 Å². The summed E-state index contributed by atoms with van der Waals surface area (Å²) in [4.78, 5) is 3.93. The lowest BCUT2D eigenvalue weighted by atomic mass is 10.1. The normalized spacial score (nSPS) is 9.42. The van der Waals surface area contributed by atoms with Gasteiger partial charge in [0.2, 0.25) is 0 Å². The number of hydrogen-bond acceptors (Lipinski definition) is 1. The van der Waals surface area contributed by atoms with Crippen LogP contribution in [0.15, 0.2) is 29.8 Å². The van der Waals surface area contributed by atoms with E-state index in [1.807, 2.05) is 12.1 Å². The number of nitrogens with zero attached hydrogens (tertiary/aromatic N) is 1. The van der Waals surface area contributed by atoms with E-state index < -0.39 is 0 Å². The fraction of sp³-hybridized carbons (Fsp3) is 0.182. The van der Waals surface area contributed by atoms with Gasteiger partial charge in [0.05, 0.1) is 5.69 Å². The van der Waals surface area contributed by atoms with Crippen LogP contribution in [0.4, 0.5) is 5.69 Å². The monoisotopic (exact) mass is 159 g/mol. The smallest absolute Gasteiger partial charge is 0.0697 e. The van der Waals surface area contributed by atoms with Gasteiger partial charge in [-0.2, -0.15) is 0 Å². The first-order valence-electron chi connectivity index (χ1n) is 4.04. The van der Waals surface area contributed by atoms with Crippen LogP contribution < -0.4 is 0 Å². The lowest BCUT2D eigenvalue weighted by Crippen LogP contribution is -1.80. The molecule has 0 saturated heterocycles. The second-order valence-electron chi connectivity index (χ2n) is 2.61. The number of aryl methyl sites for hydroxylation is 1. The molecule has 0 aliphatic rings. The molecule has 0 N–H and O–H groups in total.